The van der Waals surface area contributed by atoms with E-state index in [1.807, 2.05) is 18.2 Å². The highest BCUT2D eigenvalue weighted by atomic mass is 16.3. The topological polar surface area (TPSA) is 55.3 Å². The van der Waals surface area contributed by atoms with Gasteiger partial charge in [-0.1, -0.05) is 6.07 Å². The number of oxazole rings is 1. The molecule has 1 aromatic carbocycles. The van der Waals surface area contributed by atoms with Crippen molar-refractivity contribution in [3.63, 3.8) is 0 Å². The lowest BCUT2D eigenvalue weighted by molar-refractivity contribution is 0.330. The van der Waals surface area contributed by atoms with Crippen LogP contribution in [0.3, 0.4) is 0 Å². The van der Waals surface area contributed by atoms with Gasteiger partial charge in [-0.2, -0.15) is 0 Å². The van der Waals surface area contributed by atoms with E-state index in [2.05, 4.69) is 9.88 Å². The van der Waals surface area contributed by atoms with Crippen LogP contribution in [-0.4, -0.2) is 29.5 Å². The van der Waals surface area contributed by atoms with Crippen molar-refractivity contribution in [3.8, 4) is 0 Å². The van der Waals surface area contributed by atoms with Gasteiger partial charge in [-0.25, -0.2) is 4.98 Å². The van der Waals surface area contributed by atoms with Crippen LogP contribution in [0.25, 0.3) is 11.1 Å². The third kappa shape index (κ3) is 2.13. The minimum atomic E-state index is 0.693. The summed E-state index contributed by atoms with van der Waals surface area (Å²) in [6, 6.07) is 5.67. The van der Waals surface area contributed by atoms with E-state index >= 15 is 0 Å². The summed E-state index contributed by atoms with van der Waals surface area (Å²) in [5.74, 6) is 0.796. The maximum Gasteiger partial charge on any atom is 0.196 e. The molecule has 0 saturated carbocycles. The highest BCUT2D eigenvalue weighted by molar-refractivity contribution is 5.85. The standard InChI is InChI=1S/C13H17N3O/c14-10-4-3-5-11-13(10)15-12(17-11)6-9-16-7-1-2-8-16/h3-5H,1-2,6-9,14H2. The van der Waals surface area contributed by atoms with Crippen LogP contribution in [0.15, 0.2) is 22.6 Å². The van der Waals surface area contributed by atoms with Crippen molar-refractivity contribution < 1.29 is 4.42 Å². The molecule has 0 amide bonds. The Balaban J connectivity index is 1.74. The Kier molecular flexibility index (Phi) is 2.73. The summed E-state index contributed by atoms with van der Waals surface area (Å²) in [5.41, 5.74) is 8.14. The van der Waals surface area contributed by atoms with E-state index in [9.17, 15) is 0 Å². The van der Waals surface area contributed by atoms with Crippen LogP contribution in [0.1, 0.15) is 18.7 Å². The van der Waals surface area contributed by atoms with Crippen molar-refractivity contribution in [1.82, 2.24) is 9.88 Å². The van der Waals surface area contributed by atoms with Gasteiger partial charge in [0.1, 0.15) is 5.52 Å². The predicted octanol–water partition coefficient (Wildman–Crippen LogP) is 2.05. The number of nitrogens with two attached hydrogens (primary N) is 1. The van der Waals surface area contributed by atoms with Crippen molar-refractivity contribution in [2.75, 3.05) is 25.4 Å². The number of para-hydroxylation sites is 1. The first-order chi connectivity index (χ1) is 8.33. The van der Waals surface area contributed by atoms with Gasteiger partial charge in [0.2, 0.25) is 0 Å². The van der Waals surface area contributed by atoms with E-state index in [-0.39, 0.29) is 0 Å². The van der Waals surface area contributed by atoms with E-state index in [0.717, 1.165) is 30.0 Å². The van der Waals surface area contributed by atoms with Crippen molar-refractivity contribution >= 4 is 16.8 Å². The van der Waals surface area contributed by atoms with Crippen LogP contribution in [0, 0.1) is 0 Å². The highest BCUT2D eigenvalue weighted by Gasteiger charge is 2.13. The van der Waals surface area contributed by atoms with Gasteiger partial charge in [-0.05, 0) is 38.1 Å². The molecule has 90 valence electrons. The molecule has 1 saturated heterocycles. The highest BCUT2D eigenvalue weighted by Crippen LogP contribution is 2.21. The van der Waals surface area contributed by atoms with Gasteiger partial charge < -0.3 is 15.1 Å². The van der Waals surface area contributed by atoms with Crippen LogP contribution in [-0.2, 0) is 6.42 Å². The van der Waals surface area contributed by atoms with E-state index in [1.165, 1.54) is 25.9 Å². The Bertz CT molecular complexity index is 514. The molecule has 2 heterocycles. The predicted molar refractivity (Wildman–Crippen MR) is 67.8 cm³/mol. The molecular weight excluding hydrogens is 214 g/mol. The fourth-order valence-corrected chi connectivity index (χ4v) is 2.38. The lowest BCUT2D eigenvalue weighted by Crippen LogP contribution is -2.21. The number of anilines is 1. The van der Waals surface area contributed by atoms with Crippen LogP contribution in [0.2, 0.25) is 0 Å². The molecule has 0 bridgehead atoms. The molecule has 2 N–H and O–H groups in total. The number of fused-ring (bicyclic) bond motifs is 1. The Hall–Kier alpha value is -1.55. The van der Waals surface area contributed by atoms with E-state index in [1.54, 1.807) is 0 Å². The third-order valence-corrected chi connectivity index (χ3v) is 3.34. The first kappa shape index (κ1) is 10.6. The molecular formula is C13H17N3O. The second kappa shape index (κ2) is 4.37. The van der Waals surface area contributed by atoms with Crippen LogP contribution in [0.5, 0.6) is 0 Å². The number of nitrogens with zero attached hydrogens (tertiary/aromatic N) is 2. The largest absolute Gasteiger partial charge is 0.441 e. The Labute approximate surface area is 100 Å². The first-order valence-corrected chi connectivity index (χ1v) is 6.19. The molecule has 1 aliphatic rings. The van der Waals surface area contributed by atoms with Gasteiger partial charge in [0.25, 0.3) is 0 Å². The number of likely N-dealkylation sites (tertiary alicyclic amines) is 1. The zero-order valence-electron chi connectivity index (χ0n) is 9.85. The Morgan fingerprint density at radius 2 is 2.12 bits per heavy atom. The Morgan fingerprint density at radius 3 is 2.88 bits per heavy atom. The number of hydrogen-bond acceptors (Lipinski definition) is 4. The summed E-state index contributed by atoms with van der Waals surface area (Å²) < 4.78 is 5.69. The molecule has 4 heteroatoms. The van der Waals surface area contributed by atoms with Crippen LogP contribution in [0.4, 0.5) is 5.69 Å². The molecule has 0 atom stereocenters. The van der Waals surface area contributed by atoms with Gasteiger partial charge in [-0.3, -0.25) is 0 Å². The number of hydrogen-bond donors (Lipinski definition) is 1. The van der Waals surface area contributed by atoms with Crippen LogP contribution < -0.4 is 5.73 Å². The quantitative estimate of drug-likeness (QED) is 0.821. The minimum absolute atomic E-state index is 0.693. The molecule has 1 aromatic heterocycles. The molecule has 17 heavy (non-hydrogen) atoms. The zero-order chi connectivity index (χ0) is 11.7. The summed E-state index contributed by atoms with van der Waals surface area (Å²) in [6.07, 6.45) is 3.51. The monoisotopic (exact) mass is 231 g/mol. The first-order valence-electron chi connectivity index (χ1n) is 6.19. The average Bonchev–Trinajstić information content (AvgIpc) is 2.95. The molecule has 3 rings (SSSR count). The fraction of sp³-hybridized carbons (Fsp3) is 0.462. The number of nitrogen functional groups attached to an aromatic ring is 1. The van der Waals surface area contributed by atoms with Crippen molar-refractivity contribution in [3.05, 3.63) is 24.1 Å². The van der Waals surface area contributed by atoms with Crippen LogP contribution >= 0.6 is 0 Å². The fourth-order valence-electron chi connectivity index (χ4n) is 2.38. The number of aromatic nitrogens is 1. The van der Waals surface area contributed by atoms with Gasteiger partial charge in [0.05, 0.1) is 5.69 Å². The molecule has 1 fully saturated rings. The molecule has 2 aromatic rings. The lowest BCUT2D eigenvalue weighted by atomic mass is 10.3. The van der Waals surface area contributed by atoms with Gasteiger partial charge in [0, 0.05) is 13.0 Å². The summed E-state index contributed by atoms with van der Waals surface area (Å²) >= 11 is 0. The summed E-state index contributed by atoms with van der Waals surface area (Å²) in [6.45, 7) is 3.46. The smallest absolute Gasteiger partial charge is 0.196 e. The van der Waals surface area contributed by atoms with Gasteiger partial charge in [-0.15, -0.1) is 0 Å². The molecule has 0 aliphatic carbocycles. The number of benzene rings is 1. The summed E-state index contributed by atoms with van der Waals surface area (Å²) in [7, 11) is 0. The molecule has 1 aliphatic heterocycles. The third-order valence-electron chi connectivity index (χ3n) is 3.34. The summed E-state index contributed by atoms with van der Waals surface area (Å²) in [5, 5.41) is 0. The maximum atomic E-state index is 5.85. The minimum Gasteiger partial charge on any atom is -0.441 e. The zero-order valence-corrected chi connectivity index (χ0v) is 9.85. The molecule has 4 nitrogen and oxygen atoms in total. The second-order valence-corrected chi connectivity index (χ2v) is 4.60. The molecule has 0 radical (unpaired) electrons. The van der Waals surface area contributed by atoms with Gasteiger partial charge in [0.15, 0.2) is 11.5 Å². The van der Waals surface area contributed by atoms with Crippen molar-refractivity contribution in [2.45, 2.75) is 19.3 Å². The average molecular weight is 231 g/mol. The van der Waals surface area contributed by atoms with Crippen molar-refractivity contribution in [2.24, 2.45) is 0 Å². The van der Waals surface area contributed by atoms with Gasteiger partial charge >= 0.3 is 0 Å². The maximum absolute atomic E-state index is 5.85. The lowest BCUT2D eigenvalue weighted by Gasteiger charge is -2.12. The SMILES string of the molecule is Nc1cccc2oc(CCN3CCCC3)nc12. The molecule has 0 unspecified atom stereocenters. The second-order valence-electron chi connectivity index (χ2n) is 4.60. The van der Waals surface area contributed by atoms with E-state index < -0.39 is 0 Å². The molecule has 0 spiro atoms. The number of rotatable bonds is 3. The van der Waals surface area contributed by atoms with Crippen molar-refractivity contribution in [1.29, 1.82) is 0 Å². The van der Waals surface area contributed by atoms with E-state index in [4.69, 9.17) is 10.2 Å². The summed E-state index contributed by atoms with van der Waals surface area (Å²) in [4.78, 5) is 6.91. The van der Waals surface area contributed by atoms with E-state index in [0.29, 0.717) is 5.69 Å². The Morgan fingerprint density at radius 1 is 1.29 bits per heavy atom. The normalized spacial score (nSPS) is 16.9.